The zero-order valence-corrected chi connectivity index (χ0v) is 21.5. The highest BCUT2D eigenvalue weighted by Gasteiger charge is 2.18. The highest BCUT2D eigenvalue weighted by molar-refractivity contribution is 6.00. The lowest BCUT2D eigenvalue weighted by molar-refractivity contribution is -0.129. The van der Waals surface area contributed by atoms with Gasteiger partial charge in [0.05, 0.1) is 12.6 Å². The lowest BCUT2D eigenvalue weighted by Gasteiger charge is -2.14. The summed E-state index contributed by atoms with van der Waals surface area (Å²) in [7, 11) is 0. The largest absolute Gasteiger partial charge is 0.494 e. The molecule has 1 unspecified atom stereocenters. The molecule has 0 bridgehead atoms. The minimum Gasteiger partial charge on any atom is -0.494 e. The molecular weight excluding hydrogens is 496 g/mol. The van der Waals surface area contributed by atoms with E-state index in [9.17, 15) is 19.6 Å². The standard InChI is InChI=1S/C31H26N2O6/c1-3-15-37-25-12-9-21(10-13-25)16-24(19-32)30(35)38-26-14-11-23-17-27(31(36)39-28(23)18-26)29(34)33-20(2)22-7-5-4-6-8-22/h4-14,16-18,20H,3,15H2,1-2H3,(H,33,34)/b24-16+. The maximum absolute atomic E-state index is 12.7. The van der Waals surface area contributed by atoms with Crippen LogP contribution in [0.25, 0.3) is 17.0 Å². The number of amides is 1. The molecule has 0 spiro atoms. The second kappa shape index (κ2) is 12.4. The molecule has 1 heterocycles. The third-order valence-corrected chi connectivity index (χ3v) is 5.81. The fourth-order valence-electron chi connectivity index (χ4n) is 3.76. The maximum Gasteiger partial charge on any atom is 0.354 e. The van der Waals surface area contributed by atoms with Crippen molar-refractivity contribution >= 4 is 28.9 Å². The van der Waals surface area contributed by atoms with Crippen molar-refractivity contribution in [2.75, 3.05) is 6.61 Å². The van der Waals surface area contributed by atoms with Gasteiger partial charge in [-0.25, -0.2) is 9.59 Å². The van der Waals surface area contributed by atoms with Crippen LogP contribution >= 0.6 is 0 Å². The Morgan fingerprint density at radius 1 is 1.03 bits per heavy atom. The van der Waals surface area contributed by atoms with Crippen molar-refractivity contribution in [1.29, 1.82) is 5.26 Å². The molecule has 0 aliphatic heterocycles. The molecule has 0 radical (unpaired) electrons. The molecule has 0 fully saturated rings. The van der Waals surface area contributed by atoms with Crippen LogP contribution in [0.2, 0.25) is 0 Å². The van der Waals surface area contributed by atoms with E-state index in [1.165, 1.54) is 24.3 Å². The maximum atomic E-state index is 12.7. The van der Waals surface area contributed by atoms with Gasteiger partial charge in [0, 0.05) is 11.5 Å². The van der Waals surface area contributed by atoms with Gasteiger partial charge in [0.2, 0.25) is 0 Å². The second-order valence-corrected chi connectivity index (χ2v) is 8.73. The van der Waals surface area contributed by atoms with Gasteiger partial charge in [0.15, 0.2) is 0 Å². The predicted molar refractivity (Wildman–Crippen MR) is 146 cm³/mol. The Morgan fingerprint density at radius 3 is 2.44 bits per heavy atom. The Morgan fingerprint density at radius 2 is 1.74 bits per heavy atom. The summed E-state index contributed by atoms with van der Waals surface area (Å²) >= 11 is 0. The third kappa shape index (κ3) is 6.79. The van der Waals surface area contributed by atoms with Gasteiger partial charge in [-0.05, 0) is 60.9 Å². The SMILES string of the molecule is CCCOc1ccc(/C=C(\C#N)C(=O)Oc2ccc3cc(C(=O)NC(C)c4ccccc4)c(=O)oc3c2)cc1. The third-order valence-electron chi connectivity index (χ3n) is 5.81. The number of esters is 1. The number of rotatable bonds is 9. The molecule has 0 saturated carbocycles. The Kier molecular flexibility index (Phi) is 8.54. The van der Waals surface area contributed by atoms with Crippen molar-refractivity contribution in [3.8, 4) is 17.6 Å². The van der Waals surface area contributed by atoms with E-state index in [-0.39, 0.29) is 28.5 Å². The zero-order chi connectivity index (χ0) is 27.8. The van der Waals surface area contributed by atoms with Crippen molar-refractivity contribution in [3.05, 3.63) is 112 Å². The molecule has 8 heteroatoms. The van der Waals surface area contributed by atoms with Crippen molar-refractivity contribution in [3.63, 3.8) is 0 Å². The topological polar surface area (TPSA) is 119 Å². The molecule has 0 aliphatic rings. The second-order valence-electron chi connectivity index (χ2n) is 8.73. The summed E-state index contributed by atoms with van der Waals surface area (Å²) in [6.45, 7) is 4.42. The first kappa shape index (κ1) is 26.9. The van der Waals surface area contributed by atoms with Gasteiger partial charge in [-0.3, -0.25) is 4.79 Å². The number of nitrogens with zero attached hydrogens (tertiary/aromatic N) is 1. The summed E-state index contributed by atoms with van der Waals surface area (Å²) in [6.07, 6.45) is 2.29. The average Bonchev–Trinajstić information content (AvgIpc) is 2.95. The normalized spacial score (nSPS) is 11.9. The molecule has 196 valence electrons. The van der Waals surface area contributed by atoms with Crippen LogP contribution in [0.3, 0.4) is 0 Å². The highest BCUT2D eigenvalue weighted by atomic mass is 16.5. The van der Waals surface area contributed by atoms with E-state index >= 15 is 0 Å². The van der Waals surface area contributed by atoms with Gasteiger partial charge in [-0.2, -0.15) is 5.26 Å². The zero-order valence-electron chi connectivity index (χ0n) is 21.5. The Labute approximate surface area is 225 Å². The average molecular weight is 523 g/mol. The number of carbonyl (C=O) groups is 2. The van der Waals surface area contributed by atoms with Crippen LogP contribution in [-0.4, -0.2) is 18.5 Å². The molecule has 1 atom stereocenters. The molecule has 3 aromatic carbocycles. The summed E-state index contributed by atoms with van der Waals surface area (Å²) in [5, 5.41) is 12.8. The fourth-order valence-corrected chi connectivity index (χ4v) is 3.76. The van der Waals surface area contributed by atoms with E-state index in [2.05, 4.69) is 5.32 Å². The van der Waals surface area contributed by atoms with Crippen LogP contribution < -0.4 is 20.4 Å². The van der Waals surface area contributed by atoms with Crippen molar-refractivity contribution in [2.24, 2.45) is 0 Å². The first-order valence-electron chi connectivity index (χ1n) is 12.4. The summed E-state index contributed by atoms with van der Waals surface area (Å²) in [5.74, 6) is -0.656. The van der Waals surface area contributed by atoms with Crippen LogP contribution in [-0.2, 0) is 4.79 Å². The van der Waals surface area contributed by atoms with Gasteiger partial charge >= 0.3 is 11.6 Å². The quantitative estimate of drug-likeness (QED) is 0.100. The fraction of sp³-hybridized carbons (Fsp3) is 0.161. The molecule has 4 rings (SSSR count). The van der Waals surface area contributed by atoms with Gasteiger partial charge in [-0.1, -0.05) is 49.4 Å². The number of hydrogen-bond donors (Lipinski definition) is 1. The number of benzene rings is 3. The molecular formula is C31H26N2O6. The number of fused-ring (bicyclic) bond motifs is 1. The number of carbonyl (C=O) groups excluding carboxylic acids is 2. The first-order chi connectivity index (χ1) is 18.9. The molecule has 8 nitrogen and oxygen atoms in total. The lowest BCUT2D eigenvalue weighted by atomic mass is 10.1. The summed E-state index contributed by atoms with van der Waals surface area (Å²) in [6, 6.07) is 23.7. The van der Waals surface area contributed by atoms with Crippen LogP contribution in [0.1, 0.15) is 47.8 Å². The van der Waals surface area contributed by atoms with Gasteiger partial charge < -0.3 is 19.2 Å². The van der Waals surface area contributed by atoms with Gasteiger partial charge in [0.25, 0.3) is 5.91 Å². The molecule has 0 saturated heterocycles. The molecule has 39 heavy (non-hydrogen) atoms. The minimum atomic E-state index is -0.864. The first-order valence-corrected chi connectivity index (χ1v) is 12.4. The number of nitriles is 1. The minimum absolute atomic E-state index is 0.0787. The van der Waals surface area contributed by atoms with Crippen molar-refractivity contribution in [1.82, 2.24) is 5.32 Å². The van der Waals surface area contributed by atoms with Gasteiger partial charge in [0.1, 0.15) is 34.3 Å². The molecule has 1 aromatic heterocycles. The number of nitrogens with one attached hydrogen (secondary N) is 1. The Hall–Kier alpha value is -5.16. The van der Waals surface area contributed by atoms with Crippen LogP contribution in [0.15, 0.2) is 93.6 Å². The lowest BCUT2D eigenvalue weighted by Crippen LogP contribution is -2.30. The van der Waals surface area contributed by atoms with Crippen LogP contribution in [0.5, 0.6) is 11.5 Å². The van der Waals surface area contributed by atoms with E-state index in [4.69, 9.17) is 13.9 Å². The monoisotopic (exact) mass is 522 g/mol. The molecule has 0 aliphatic carbocycles. The Balaban J connectivity index is 1.48. The van der Waals surface area contributed by atoms with E-state index in [0.29, 0.717) is 23.3 Å². The highest BCUT2D eigenvalue weighted by Crippen LogP contribution is 2.22. The number of hydrogen-bond acceptors (Lipinski definition) is 7. The van der Waals surface area contributed by atoms with Gasteiger partial charge in [-0.15, -0.1) is 0 Å². The van der Waals surface area contributed by atoms with E-state index in [0.717, 1.165) is 12.0 Å². The van der Waals surface area contributed by atoms with E-state index in [1.807, 2.05) is 50.2 Å². The molecule has 1 N–H and O–H groups in total. The summed E-state index contributed by atoms with van der Waals surface area (Å²) < 4.78 is 16.2. The van der Waals surface area contributed by atoms with Crippen molar-refractivity contribution in [2.45, 2.75) is 26.3 Å². The molecule has 4 aromatic rings. The predicted octanol–water partition coefficient (Wildman–Crippen LogP) is 5.59. The summed E-state index contributed by atoms with van der Waals surface area (Å²) in [5.41, 5.74) is 0.473. The van der Waals surface area contributed by atoms with Crippen molar-refractivity contribution < 1.29 is 23.5 Å². The van der Waals surface area contributed by atoms with Crippen LogP contribution in [0, 0.1) is 11.3 Å². The summed E-state index contributed by atoms with van der Waals surface area (Å²) in [4.78, 5) is 38.0. The smallest absolute Gasteiger partial charge is 0.354 e. The Bertz CT molecular complexity index is 1620. The van der Waals surface area contributed by atoms with Crippen LogP contribution in [0.4, 0.5) is 0 Å². The number of ether oxygens (including phenoxy) is 2. The molecule has 1 amide bonds. The van der Waals surface area contributed by atoms with E-state index < -0.39 is 17.5 Å². The van der Waals surface area contributed by atoms with E-state index in [1.54, 1.807) is 30.3 Å².